The molecule has 0 spiro atoms. The Morgan fingerprint density at radius 1 is 0.708 bits per heavy atom. The van der Waals surface area contributed by atoms with Gasteiger partial charge in [-0.3, -0.25) is 0 Å². The number of para-hydroxylation sites is 1. The summed E-state index contributed by atoms with van der Waals surface area (Å²) in [7, 11) is 0. The molecule has 0 saturated heterocycles. The molecule has 1 heteroatoms. The highest BCUT2D eigenvalue weighted by atomic mass is 16.5. The molecule has 1 rings (SSSR count). The van der Waals surface area contributed by atoms with Gasteiger partial charge in [0.1, 0.15) is 5.75 Å². The first-order valence-corrected chi connectivity index (χ1v) is 10.5. The van der Waals surface area contributed by atoms with Crippen molar-refractivity contribution >= 4 is 0 Å². The molecule has 1 aromatic rings. The number of unbranched alkanes of at least 4 members (excludes halogenated alkanes) is 9. The molecule has 1 unspecified atom stereocenters. The molecule has 138 valence electrons. The molecule has 0 aliphatic carbocycles. The summed E-state index contributed by atoms with van der Waals surface area (Å²) in [6.45, 7) is 5.58. The maximum Gasteiger partial charge on any atom is 0.119 e. The number of ether oxygens (including phenoxy) is 1. The summed E-state index contributed by atoms with van der Waals surface area (Å²) in [6, 6.07) is 10.2. The fourth-order valence-electron chi connectivity index (χ4n) is 3.24. The summed E-state index contributed by atoms with van der Waals surface area (Å²) < 4.78 is 5.72. The summed E-state index contributed by atoms with van der Waals surface area (Å²) >= 11 is 0. The zero-order valence-electron chi connectivity index (χ0n) is 16.3. The van der Waals surface area contributed by atoms with E-state index in [1.165, 1.54) is 83.5 Å². The van der Waals surface area contributed by atoms with E-state index in [4.69, 9.17) is 4.74 Å². The third-order valence-electron chi connectivity index (χ3n) is 4.90. The molecule has 24 heavy (non-hydrogen) atoms. The molecule has 0 aliphatic rings. The minimum absolute atomic E-state index is 0.861. The van der Waals surface area contributed by atoms with Crippen molar-refractivity contribution in [2.75, 3.05) is 6.61 Å². The lowest BCUT2D eigenvalue weighted by atomic mass is 9.97. The lowest BCUT2D eigenvalue weighted by Crippen LogP contribution is -1.96. The zero-order valence-corrected chi connectivity index (χ0v) is 16.3. The predicted octanol–water partition coefficient (Wildman–Crippen LogP) is 7.79. The number of hydrogen-bond acceptors (Lipinski definition) is 1. The molecule has 0 aromatic heterocycles. The van der Waals surface area contributed by atoms with Crippen molar-refractivity contribution in [1.82, 2.24) is 0 Å². The Morgan fingerprint density at radius 3 is 1.88 bits per heavy atom. The molecular weight excluding hydrogens is 292 g/mol. The first-order valence-electron chi connectivity index (χ1n) is 10.5. The van der Waals surface area contributed by atoms with E-state index in [1.54, 1.807) is 0 Å². The summed E-state index contributed by atoms with van der Waals surface area (Å²) in [4.78, 5) is 0. The van der Waals surface area contributed by atoms with E-state index in [1.807, 2.05) is 30.3 Å². The van der Waals surface area contributed by atoms with E-state index in [9.17, 15) is 0 Å². The average molecular weight is 333 g/mol. The maximum absolute atomic E-state index is 5.72. The van der Waals surface area contributed by atoms with Crippen LogP contribution in [0.3, 0.4) is 0 Å². The maximum atomic E-state index is 5.72. The number of benzene rings is 1. The van der Waals surface area contributed by atoms with Gasteiger partial charge in [-0.2, -0.15) is 0 Å². The van der Waals surface area contributed by atoms with Gasteiger partial charge in [-0.1, -0.05) is 109 Å². The Bertz CT molecular complexity index is 360. The lowest BCUT2D eigenvalue weighted by molar-refractivity contribution is 0.304. The third kappa shape index (κ3) is 12.4. The van der Waals surface area contributed by atoms with Gasteiger partial charge in [0.15, 0.2) is 0 Å². The normalized spacial score (nSPS) is 12.2. The molecule has 0 amide bonds. The van der Waals surface area contributed by atoms with E-state index in [0.717, 1.165) is 18.3 Å². The van der Waals surface area contributed by atoms with Gasteiger partial charge in [0, 0.05) is 0 Å². The van der Waals surface area contributed by atoms with E-state index >= 15 is 0 Å². The van der Waals surface area contributed by atoms with Crippen LogP contribution in [0.15, 0.2) is 30.3 Å². The van der Waals surface area contributed by atoms with Gasteiger partial charge >= 0.3 is 0 Å². The van der Waals surface area contributed by atoms with Crippen LogP contribution in [0.5, 0.6) is 5.75 Å². The molecule has 0 radical (unpaired) electrons. The Labute approximate surface area is 151 Å². The Hall–Kier alpha value is -0.980. The molecule has 0 fully saturated rings. The topological polar surface area (TPSA) is 9.23 Å². The molecule has 1 aromatic carbocycles. The van der Waals surface area contributed by atoms with Crippen molar-refractivity contribution < 1.29 is 4.74 Å². The van der Waals surface area contributed by atoms with Crippen LogP contribution in [-0.4, -0.2) is 6.61 Å². The summed E-state index contributed by atoms with van der Waals surface area (Å²) in [5.41, 5.74) is 0. The van der Waals surface area contributed by atoms with Crippen molar-refractivity contribution in [1.29, 1.82) is 0 Å². The summed E-state index contributed by atoms with van der Waals surface area (Å²) in [6.07, 6.45) is 18.1. The standard InChI is InChI=1S/C23H40O/c1-3-4-17-22(2)18-13-10-8-6-5-7-9-11-16-21-24-23-19-14-12-15-20-23/h12,14-15,19-20,22H,3-11,13,16-18,21H2,1-2H3. The SMILES string of the molecule is CCCCC(C)CCCCCCCCCCCOc1ccccc1. The van der Waals surface area contributed by atoms with Gasteiger partial charge in [0.25, 0.3) is 0 Å². The summed E-state index contributed by atoms with van der Waals surface area (Å²) in [5, 5.41) is 0. The van der Waals surface area contributed by atoms with E-state index in [-0.39, 0.29) is 0 Å². The van der Waals surface area contributed by atoms with Gasteiger partial charge in [-0.05, 0) is 24.5 Å². The van der Waals surface area contributed by atoms with Crippen LogP contribution in [0.25, 0.3) is 0 Å². The van der Waals surface area contributed by atoms with Crippen molar-refractivity contribution in [3.05, 3.63) is 30.3 Å². The van der Waals surface area contributed by atoms with E-state index in [2.05, 4.69) is 13.8 Å². The summed E-state index contributed by atoms with van der Waals surface area (Å²) in [5.74, 6) is 1.95. The molecule has 0 N–H and O–H groups in total. The smallest absolute Gasteiger partial charge is 0.119 e. The van der Waals surface area contributed by atoms with Crippen molar-refractivity contribution in [2.45, 2.75) is 97.3 Å². The molecule has 0 saturated carbocycles. The van der Waals surface area contributed by atoms with Crippen LogP contribution in [-0.2, 0) is 0 Å². The molecular formula is C23H40O. The number of rotatable bonds is 16. The minimum atomic E-state index is 0.861. The van der Waals surface area contributed by atoms with Gasteiger partial charge in [0.05, 0.1) is 6.61 Å². The Balaban J connectivity index is 1.76. The second-order valence-electron chi connectivity index (χ2n) is 7.38. The molecule has 0 heterocycles. The monoisotopic (exact) mass is 332 g/mol. The fourth-order valence-corrected chi connectivity index (χ4v) is 3.24. The quantitative estimate of drug-likeness (QED) is 0.281. The Morgan fingerprint density at radius 2 is 1.25 bits per heavy atom. The molecule has 0 aliphatic heterocycles. The van der Waals surface area contributed by atoms with Crippen molar-refractivity contribution in [3.63, 3.8) is 0 Å². The predicted molar refractivity (Wildman–Crippen MR) is 107 cm³/mol. The average Bonchev–Trinajstić information content (AvgIpc) is 2.61. The second kappa shape index (κ2) is 15.5. The van der Waals surface area contributed by atoms with Gasteiger partial charge in [-0.15, -0.1) is 0 Å². The largest absolute Gasteiger partial charge is 0.494 e. The minimum Gasteiger partial charge on any atom is -0.494 e. The van der Waals surface area contributed by atoms with Gasteiger partial charge < -0.3 is 4.74 Å². The van der Waals surface area contributed by atoms with Crippen LogP contribution in [0.4, 0.5) is 0 Å². The first-order chi connectivity index (χ1) is 11.8. The molecule has 1 nitrogen and oxygen atoms in total. The van der Waals surface area contributed by atoms with Gasteiger partial charge in [-0.25, -0.2) is 0 Å². The zero-order chi connectivity index (χ0) is 17.3. The number of hydrogen-bond donors (Lipinski definition) is 0. The highest BCUT2D eigenvalue weighted by molar-refractivity contribution is 5.20. The molecule has 0 bridgehead atoms. The Kier molecular flexibility index (Phi) is 13.6. The van der Waals surface area contributed by atoms with Crippen molar-refractivity contribution in [2.24, 2.45) is 5.92 Å². The second-order valence-corrected chi connectivity index (χ2v) is 7.38. The third-order valence-corrected chi connectivity index (χ3v) is 4.90. The van der Waals surface area contributed by atoms with Gasteiger partial charge in [0.2, 0.25) is 0 Å². The van der Waals surface area contributed by atoms with Crippen LogP contribution >= 0.6 is 0 Å². The van der Waals surface area contributed by atoms with Crippen molar-refractivity contribution in [3.8, 4) is 5.75 Å². The van der Waals surface area contributed by atoms with Crippen LogP contribution < -0.4 is 4.74 Å². The lowest BCUT2D eigenvalue weighted by Gasteiger charge is -2.10. The van der Waals surface area contributed by atoms with Crippen LogP contribution in [0.1, 0.15) is 97.3 Å². The van der Waals surface area contributed by atoms with Crippen LogP contribution in [0.2, 0.25) is 0 Å². The van der Waals surface area contributed by atoms with Crippen LogP contribution in [0, 0.1) is 5.92 Å². The molecule has 1 atom stereocenters. The highest BCUT2D eigenvalue weighted by Crippen LogP contribution is 2.17. The fraction of sp³-hybridized carbons (Fsp3) is 0.739. The highest BCUT2D eigenvalue weighted by Gasteiger charge is 2.01. The first kappa shape index (κ1) is 21.1. The van der Waals surface area contributed by atoms with E-state index in [0.29, 0.717) is 0 Å². The van der Waals surface area contributed by atoms with E-state index < -0.39 is 0 Å².